The first-order chi connectivity index (χ1) is 17.0. The minimum atomic E-state index is -0.643. The second-order valence-corrected chi connectivity index (χ2v) is 7.82. The summed E-state index contributed by atoms with van der Waals surface area (Å²) in [5.74, 6) is -0.145. The molecule has 0 saturated heterocycles. The Hall–Kier alpha value is -4.72. The maximum absolute atomic E-state index is 15.1. The van der Waals surface area contributed by atoms with Crippen LogP contribution in [0.25, 0.3) is 22.0 Å². The Bertz CT molecular complexity index is 1590. The zero-order valence-electron chi connectivity index (χ0n) is 18.7. The van der Waals surface area contributed by atoms with E-state index >= 15 is 4.39 Å². The van der Waals surface area contributed by atoms with E-state index in [2.05, 4.69) is 9.97 Å². The number of phenols is 1. The average molecular weight is 469 g/mol. The van der Waals surface area contributed by atoms with E-state index in [0.717, 1.165) is 5.56 Å². The molecule has 0 aliphatic heterocycles. The fourth-order valence-electron chi connectivity index (χ4n) is 3.80. The summed E-state index contributed by atoms with van der Waals surface area (Å²) in [6.45, 7) is 0.359. The number of hydrogen-bond acceptors (Lipinski definition) is 6. The van der Waals surface area contributed by atoms with Crippen LogP contribution in [0.5, 0.6) is 23.0 Å². The molecule has 7 nitrogen and oxygen atoms in total. The monoisotopic (exact) mass is 469 g/mol. The lowest BCUT2D eigenvalue weighted by atomic mass is 10.1. The zero-order chi connectivity index (χ0) is 24.4. The number of ether oxygens (including phenoxy) is 2. The summed E-state index contributed by atoms with van der Waals surface area (Å²) in [5.41, 5.74) is 1.82. The molecule has 0 atom stereocenters. The number of hydrogen-bond donors (Lipinski definition) is 1. The van der Waals surface area contributed by atoms with Gasteiger partial charge >= 0.3 is 0 Å². The molecule has 2 aromatic heterocycles. The number of halogens is 1. The van der Waals surface area contributed by atoms with Gasteiger partial charge in [-0.15, -0.1) is 0 Å². The van der Waals surface area contributed by atoms with Crippen LogP contribution in [0, 0.1) is 5.82 Å². The number of aromatic nitrogens is 3. The van der Waals surface area contributed by atoms with Gasteiger partial charge < -0.3 is 14.6 Å². The molecule has 8 heteroatoms. The van der Waals surface area contributed by atoms with Crippen LogP contribution in [0.2, 0.25) is 0 Å². The van der Waals surface area contributed by atoms with E-state index in [-0.39, 0.29) is 28.4 Å². The molecular weight excluding hydrogens is 449 g/mol. The molecule has 0 aliphatic carbocycles. The first kappa shape index (κ1) is 22.1. The quantitative estimate of drug-likeness (QED) is 0.370. The summed E-state index contributed by atoms with van der Waals surface area (Å²) < 4.78 is 27.6. The Labute approximate surface area is 199 Å². The molecule has 3 aromatic carbocycles. The second-order valence-electron chi connectivity index (χ2n) is 7.82. The number of aromatic hydroxyl groups is 1. The van der Waals surface area contributed by atoms with Gasteiger partial charge in [-0.25, -0.2) is 9.37 Å². The molecule has 5 aromatic rings. The van der Waals surface area contributed by atoms with Crippen molar-refractivity contribution < 1.29 is 19.0 Å². The molecule has 0 aliphatic rings. The molecule has 0 spiro atoms. The predicted molar refractivity (Wildman–Crippen MR) is 129 cm³/mol. The normalized spacial score (nSPS) is 10.9. The Morgan fingerprint density at radius 2 is 1.83 bits per heavy atom. The Balaban J connectivity index is 1.46. The van der Waals surface area contributed by atoms with E-state index in [1.54, 1.807) is 18.2 Å². The molecule has 0 radical (unpaired) electrons. The van der Waals surface area contributed by atoms with E-state index in [1.807, 2.05) is 30.3 Å². The topological polar surface area (TPSA) is 86.5 Å². The molecule has 2 heterocycles. The molecule has 0 amide bonds. The van der Waals surface area contributed by atoms with Gasteiger partial charge in [-0.2, -0.15) is 0 Å². The van der Waals surface area contributed by atoms with Crippen LogP contribution in [0.3, 0.4) is 0 Å². The highest BCUT2D eigenvalue weighted by atomic mass is 19.1. The summed E-state index contributed by atoms with van der Waals surface area (Å²) >= 11 is 0. The van der Waals surface area contributed by atoms with E-state index in [9.17, 15) is 9.90 Å². The number of phenolic OH excluding ortho intramolecular Hbond substituents is 1. The summed E-state index contributed by atoms with van der Waals surface area (Å²) in [6.07, 6.45) is 4.39. The summed E-state index contributed by atoms with van der Waals surface area (Å²) in [5, 5.41) is 10.5. The van der Waals surface area contributed by atoms with Gasteiger partial charge in [-0.3, -0.25) is 14.3 Å². The van der Waals surface area contributed by atoms with E-state index in [0.29, 0.717) is 28.8 Å². The van der Waals surface area contributed by atoms with E-state index < -0.39 is 5.82 Å². The maximum Gasteiger partial charge on any atom is 0.261 e. The van der Waals surface area contributed by atoms with Crippen LogP contribution in [0.1, 0.15) is 5.56 Å². The summed E-state index contributed by atoms with van der Waals surface area (Å²) in [4.78, 5) is 21.4. The van der Waals surface area contributed by atoms with Crippen molar-refractivity contribution in [2.45, 2.75) is 6.54 Å². The molecule has 0 bridgehead atoms. The van der Waals surface area contributed by atoms with Gasteiger partial charge in [0.2, 0.25) is 0 Å². The fraction of sp³-hybridized carbons (Fsp3) is 0.0741. The van der Waals surface area contributed by atoms with Crippen molar-refractivity contribution >= 4 is 10.9 Å². The van der Waals surface area contributed by atoms with Crippen LogP contribution in [0.15, 0.2) is 90.2 Å². The third kappa shape index (κ3) is 4.41. The highest BCUT2D eigenvalue weighted by Gasteiger charge is 2.14. The third-order valence-corrected chi connectivity index (χ3v) is 5.56. The van der Waals surface area contributed by atoms with Gasteiger partial charge in [-0.05, 0) is 35.4 Å². The molecule has 0 unspecified atom stereocenters. The maximum atomic E-state index is 15.1. The van der Waals surface area contributed by atoms with Crippen molar-refractivity contribution in [3.63, 3.8) is 0 Å². The highest BCUT2D eigenvalue weighted by molar-refractivity contribution is 5.88. The van der Waals surface area contributed by atoms with E-state index in [4.69, 9.17) is 9.47 Å². The molecule has 5 rings (SSSR count). The van der Waals surface area contributed by atoms with Gasteiger partial charge in [0.05, 0.1) is 31.1 Å². The number of benzene rings is 3. The third-order valence-electron chi connectivity index (χ3n) is 5.56. The van der Waals surface area contributed by atoms with Gasteiger partial charge in [0, 0.05) is 23.8 Å². The zero-order valence-corrected chi connectivity index (χ0v) is 18.7. The molecule has 1 N–H and O–H groups in total. The average Bonchev–Trinajstić information content (AvgIpc) is 2.87. The Morgan fingerprint density at radius 1 is 1.00 bits per heavy atom. The van der Waals surface area contributed by atoms with Gasteiger partial charge in [0.25, 0.3) is 5.56 Å². The number of methoxy groups -OCH3 is 1. The largest absolute Gasteiger partial charge is 0.504 e. The van der Waals surface area contributed by atoms with Crippen molar-refractivity contribution in [2.24, 2.45) is 0 Å². The highest BCUT2D eigenvalue weighted by Crippen LogP contribution is 2.37. The van der Waals surface area contributed by atoms with E-state index in [1.165, 1.54) is 48.6 Å². The Kier molecular flexibility index (Phi) is 5.85. The van der Waals surface area contributed by atoms with Crippen LogP contribution in [0.4, 0.5) is 4.39 Å². The summed E-state index contributed by atoms with van der Waals surface area (Å²) in [6, 6.07) is 18.5. The molecule has 0 fully saturated rings. The van der Waals surface area contributed by atoms with Crippen LogP contribution >= 0.6 is 0 Å². The number of rotatable bonds is 6. The minimum absolute atomic E-state index is 0.0261. The first-order valence-electron chi connectivity index (χ1n) is 10.8. The SMILES string of the molecule is COc1cc2c(Oc3ccc(-c4cncn(Cc5ccccc5)c4=O)cc3F)ccnc2cc1O. The van der Waals surface area contributed by atoms with Gasteiger partial charge in [0.15, 0.2) is 23.1 Å². The first-order valence-corrected chi connectivity index (χ1v) is 10.8. The molecule has 174 valence electrons. The number of pyridine rings is 1. The molecular formula is C27H20FN3O4. The molecule has 0 saturated carbocycles. The van der Waals surface area contributed by atoms with Gasteiger partial charge in [0.1, 0.15) is 5.75 Å². The second kappa shape index (κ2) is 9.26. The lowest BCUT2D eigenvalue weighted by Gasteiger charge is -2.12. The van der Waals surface area contributed by atoms with Crippen molar-refractivity contribution in [3.05, 3.63) is 107 Å². The Morgan fingerprint density at radius 3 is 2.60 bits per heavy atom. The fourth-order valence-corrected chi connectivity index (χ4v) is 3.80. The van der Waals surface area contributed by atoms with Crippen LogP contribution in [-0.4, -0.2) is 26.8 Å². The van der Waals surface area contributed by atoms with Crippen molar-refractivity contribution in [1.29, 1.82) is 0 Å². The molecule has 35 heavy (non-hydrogen) atoms. The summed E-state index contributed by atoms with van der Waals surface area (Å²) in [7, 11) is 1.43. The predicted octanol–water partition coefficient (Wildman–Crippen LogP) is 5.15. The smallest absolute Gasteiger partial charge is 0.261 e. The van der Waals surface area contributed by atoms with Crippen LogP contribution < -0.4 is 15.0 Å². The number of nitrogens with zero attached hydrogens (tertiary/aromatic N) is 3. The standard InChI is InChI=1S/C27H20FN3O4/c1-34-26-12-19-22(13-23(26)32)30-10-9-24(19)35-25-8-7-18(11-21(25)28)20-14-29-16-31(27(20)33)15-17-5-3-2-4-6-17/h2-14,16,32H,15H2,1H3. The number of fused-ring (bicyclic) bond motifs is 1. The van der Waals surface area contributed by atoms with Crippen LogP contribution in [-0.2, 0) is 6.54 Å². The minimum Gasteiger partial charge on any atom is -0.504 e. The van der Waals surface area contributed by atoms with Crippen molar-refractivity contribution in [1.82, 2.24) is 14.5 Å². The van der Waals surface area contributed by atoms with Gasteiger partial charge in [-0.1, -0.05) is 36.4 Å². The lowest BCUT2D eigenvalue weighted by Crippen LogP contribution is -2.22. The van der Waals surface area contributed by atoms with Crippen molar-refractivity contribution in [2.75, 3.05) is 7.11 Å². The van der Waals surface area contributed by atoms with Crippen molar-refractivity contribution in [3.8, 4) is 34.1 Å². The lowest BCUT2D eigenvalue weighted by molar-refractivity contribution is 0.374.